The Balaban J connectivity index is 1.25. The highest BCUT2D eigenvalue weighted by Gasteiger charge is 2.16. The molecule has 0 aliphatic heterocycles. The molecule has 0 bridgehead atoms. The van der Waals surface area contributed by atoms with Gasteiger partial charge >= 0.3 is 0 Å². The third kappa shape index (κ3) is 5.11. The molecule has 0 fully saturated rings. The fraction of sp³-hybridized carbons (Fsp3) is 0.120. The van der Waals surface area contributed by atoms with Crippen LogP contribution in [0.5, 0.6) is 11.5 Å². The van der Waals surface area contributed by atoms with Gasteiger partial charge in [-0.3, -0.25) is 20.4 Å². The second-order valence-corrected chi connectivity index (χ2v) is 7.10. The molecule has 0 aliphatic carbocycles. The Kier molecular flexibility index (Phi) is 5.98. The molecule has 0 aliphatic rings. The maximum absolute atomic E-state index is 12.2. The summed E-state index contributed by atoms with van der Waals surface area (Å²) >= 11 is 0. The lowest BCUT2D eigenvalue weighted by molar-refractivity contribution is -0.133. The molecule has 4 aromatic rings. The predicted molar refractivity (Wildman–Crippen MR) is 120 cm³/mol. The molecule has 0 heterocycles. The highest BCUT2D eigenvalue weighted by molar-refractivity contribution is 5.86. The van der Waals surface area contributed by atoms with E-state index in [2.05, 4.69) is 10.9 Å². The van der Waals surface area contributed by atoms with Crippen molar-refractivity contribution in [2.45, 2.75) is 13.0 Å². The first-order chi connectivity index (χ1) is 15.1. The Morgan fingerprint density at radius 3 is 1.94 bits per heavy atom. The molecular weight excluding hydrogens is 392 g/mol. The van der Waals surface area contributed by atoms with Crippen molar-refractivity contribution in [1.82, 2.24) is 10.9 Å². The van der Waals surface area contributed by atoms with Crippen LogP contribution in [-0.4, -0.2) is 24.5 Å². The average Bonchev–Trinajstić information content (AvgIpc) is 2.81. The first-order valence-electron chi connectivity index (χ1n) is 9.94. The number of nitrogens with one attached hydrogen (secondary N) is 2. The van der Waals surface area contributed by atoms with Crippen molar-refractivity contribution < 1.29 is 19.1 Å². The zero-order valence-electron chi connectivity index (χ0n) is 17.0. The largest absolute Gasteiger partial charge is 0.484 e. The number of ether oxygens (including phenoxy) is 2. The van der Waals surface area contributed by atoms with E-state index in [0.717, 1.165) is 21.5 Å². The number of hydrogen-bond donors (Lipinski definition) is 2. The van der Waals surface area contributed by atoms with E-state index >= 15 is 0 Å². The summed E-state index contributed by atoms with van der Waals surface area (Å²) in [4.78, 5) is 24.3. The maximum atomic E-state index is 12.2. The number of hydrogen-bond acceptors (Lipinski definition) is 4. The van der Waals surface area contributed by atoms with Crippen molar-refractivity contribution in [2.75, 3.05) is 6.61 Å². The van der Waals surface area contributed by atoms with Crippen LogP contribution in [0.1, 0.15) is 6.92 Å². The predicted octanol–water partition coefficient (Wildman–Crippen LogP) is 3.99. The van der Waals surface area contributed by atoms with Crippen molar-refractivity contribution in [3.05, 3.63) is 84.9 Å². The smallest absolute Gasteiger partial charge is 0.279 e. The molecule has 2 N–H and O–H groups in total. The van der Waals surface area contributed by atoms with Crippen molar-refractivity contribution in [1.29, 1.82) is 0 Å². The van der Waals surface area contributed by atoms with Crippen LogP contribution in [0.4, 0.5) is 0 Å². The minimum absolute atomic E-state index is 0.224. The SMILES string of the molecule is C[C@@H](Oc1ccc2ccccc2c1)C(=O)NNC(=O)COc1ccc2ccccc2c1. The maximum Gasteiger partial charge on any atom is 0.279 e. The van der Waals surface area contributed by atoms with Gasteiger partial charge in [-0.1, -0.05) is 60.7 Å². The van der Waals surface area contributed by atoms with E-state index in [4.69, 9.17) is 9.47 Å². The Hall–Kier alpha value is -4.06. The molecular formula is C25H22N2O4. The Morgan fingerprint density at radius 1 is 0.742 bits per heavy atom. The minimum atomic E-state index is -0.789. The summed E-state index contributed by atoms with van der Waals surface area (Å²) in [5, 5.41) is 4.22. The van der Waals surface area contributed by atoms with Gasteiger partial charge in [-0.25, -0.2) is 0 Å². The Morgan fingerprint density at radius 2 is 1.29 bits per heavy atom. The first kappa shape index (κ1) is 20.2. The topological polar surface area (TPSA) is 76.7 Å². The summed E-state index contributed by atoms with van der Waals surface area (Å²) in [5.41, 5.74) is 4.70. The number of carbonyl (C=O) groups is 2. The molecule has 0 aromatic heterocycles. The Labute approximate surface area is 179 Å². The first-order valence-corrected chi connectivity index (χ1v) is 9.94. The van der Waals surface area contributed by atoms with Gasteiger partial charge in [0, 0.05) is 0 Å². The van der Waals surface area contributed by atoms with Crippen LogP contribution >= 0.6 is 0 Å². The number of rotatable bonds is 6. The summed E-state index contributed by atoms with van der Waals surface area (Å²) in [6.07, 6.45) is -0.789. The van der Waals surface area contributed by atoms with Crippen LogP contribution < -0.4 is 20.3 Å². The van der Waals surface area contributed by atoms with Gasteiger partial charge in [-0.2, -0.15) is 0 Å². The van der Waals surface area contributed by atoms with Crippen molar-refractivity contribution in [2.24, 2.45) is 0 Å². The zero-order chi connectivity index (χ0) is 21.6. The van der Waals surface area contributed by atoms with E-state index in [-0.39, 0.29) is 6.61 Å². The molecule has 1 atom stereocenters. The molecule has 2 amide bonds. The molecule has 0 saturated carbocycles. The molecule has 6 heteroatoms. The number of benzene rings is 4. The molecule has 4 rings (SSSR count). The second-order valence-electron chi connectivity index (χ2n) is 7.10. The van der Waals surface area contributed by atoms with Crippen LogP contribution in [0.2, 0.25) is 0 Å². The summed E-state index contributed by atoms with van der Waals surface area (Å²) in [6, 6.07) is 27.0. The van der Waals surface area contributed by atoms with Gasteiger partial charge in [-0.05, 0) is 52.7 Å². The van der Waals surface area contributed by atoms with Crippen LogP contribution in [0, 0.1) is 0 Å². The van der Waals surface area contributed by atoms with Crippen LogP contribution in [0.15, 0.2) is 84.9 Å². The van der Waals surface area contributed by atoms with Crippen molar-refractivity contribution in [3.8, 4) is 11.5 Å². The lowest BCUT2D eigenvalue weighted by Gasteiger charge is -2.15. The molecule has 4 aromatic carbocycles. The number of fused-ring (bicyclic) bond motifs is 2. The fourth-order valence-corrected chi connectivity index (χ4v) is 3.17. The molecule has 0 saturated heterocycles. The number of amides is 2. The Bertz CT molecular complexity index is 1240. The standard InChI is InChI=1S/C25H22N2O4/c1-17(31-23-13-11-19-7-3-5-9-21(19)15-23)25(29)27-26-24(28)16-30-22-12-10-18-6-2-4-8-20(18)14-22/h2-15,17H,16H2,1H3,(H,26,28)(H,27,29)/t17-/m1/s1. The van der Waals surface area contributed by atoms with Crippen LogP contribution in [0.3, 0.4) is 0 Å². The molecule has 6 nitrogen and oxygen atoms in total. The lowest BCUT2D eigenvalue weighted by Crippen LogP contribution is -2.48. The van der Waals surface area contributed by atoms with Gasteiger partial charge in [0.2, 0.25) is 0 Å². The monoisotopic (exact) mass is 414 g/mol. The summed E-state index contributed by atoms with van der Waals surface area (Å²) in [7, 11) is 0. The van der Waals surface area contributed by atoms with Crippen molar-refractivity contribution >= 4 is 33.4 Å². The van der Waals surface area contributed by atoms with E-state index in [1.54, 1.807) is 13.0 Å². The summed E-state index contributed by atoms with van der Waals surface area (Å²) < 4.78 is 11.2. The highest BCUT2D eigenvalue weighted by Crippen LogP contribution is 2.22. The highest BCUT2D eigenvalue weighted by atomic mass is 16.5. The van der Waals surface area contributed by atoms with Gasteiger partial charge in [0.15, 0.2) is 12.7 Å². The quantitative estimate of drug-likeness (QED) is 0.468. The second kappa shape index (κ2) is 9.17. The molecule has 156 valence electrons. The van der Waals surface area contributed by atoms with Gasteiger partial charge in [-0.15, -0.1) is 0 Å². The normalized spacial score (nSPS) is 11.6. The average molecular weight is 414 g/mol. The molecule has 0 spiro atoms. The summed E-state index contributed by atoms with van der Waals surface area (Å²) in [5.74, 6) is 0.215. The third-order valence-corrected chi connectivity index (χ3v) is 4.82. The van der Waals surface area contributed by atoms with E-state index in [9.17, 15) is 9.59 Å². The summed E-state index contributed by atoms with van der Waals surface area (Å²) in [6.45, 7) is 1.39. The van der Waals surface area contributed by atoms with Gasteiger partial charge in [0.1, 0.15) is 11.5 Å². The van der Waals surface area contributed by atoms with Crippen LogP contribution in [0.25, 0.3) is 21.5 Å². The zero-order valence-corrected chi connectivity index (χ0v) is 17.0. The molecule has 0 unspecified atom stereocenters. The van der Waals surface area contributed by atoms with Gasteiger partial charge in [0.05, 0.1) is 0 Å². The number of carbonyl (C=O) groups excluding carboxylic acids is 2. The van der Waals surface area contributed by atoms with Gasteiger partial charge < -0.3 is 9.47 Å². The lowest BCUT2D eigenvalue weighted by atomic mass is 10.1. The fourth-order valence-electron chi connectivity index (χ4n) is 3.17. The number of hydrazine groups is 1. The van der Waals surface area contributed by atoms with Crippen LogP contribution in [-0.2, 0) is 9.59 Å². The van der Waals surface area contributed by atoms with Crippen molar-refractivity contribution in [3.63, 3.8) is 0 Å². The van der Waals surface area contributed by atoms with E-state index in [1.807, 2.05) is 78.9 Å². The minimum Gasteiger partial charge on any atom is -0.484 e. The molecule has 0 radical (unpaired) electrons. The molecule has 31 heavy (non-hydrogen) atoms. The van der Waals surface area contributed by atoms with Gasteiger partial charge in [0.25, 0.3) is 11.8 Å². The van der Waals surface area contributed by atoms with E-state index < -0.39 is 17.9 Å². The third-order valence-electron chi connectivity index (χ3n) is 4.82. The van der Waals surface area contributed by atoms with E-state index in [0.29, 0.717) is 11.5 Å². The van der Waals surface area contributed by atoms with E-state index in [1.165, 1.54) is 0 Å².